The van der Waals surface area contributed by atoms with E-state index in [1.165, 1.54) is 0 Å². The zero-order valence-corrected chi connectivity index (χ0v) is 7.56. The third-order valence-electron chi connectivity index (χ3n) is 1.47. The van der Waals surface area contributed by atoms with E-state index in [9.17, 15) is 13.2 Å². The molecule has 11 heavy (non-hydrogen) atoms. The standard InChI is InChI=1S/C7H14O3S/c1-2-11(9,10)7-5-3-4-6-8/h6H,2-5,7H2,1H3. The van der Waals surface area contributed by atoms with Crippen LogP contribution in [0.5, 0.6) is 0 Å². The minimum Gasteiger partial charge on any atom is -0.303 e. The van der Waals surface area contributed by atoms with Crippen molar-refractivity contribution in [3.63, 3.8) is 0 Å². The Morgan fingerprint density at radius 1 is 1.27 bits per heavy atom. The van der Waals surface area contributed by atoms with Crippen molar-refractivity contribution in [2.75, 3.05) is 11.5 Å². The first-order valence-corrected chi connectivity index (χ1v) is 5.58. The average Bonchev–Trinajstić information content (AvgIpc) is 1.99. The van der Waals surface area contributed by atoms with Gasteiger partial charge in [-0.3, -0.25) is 0 Å². The first-order valence-electron chi connectivity index (χ1n) is 3.76. The lowest BCUT2D eigenvalue weighted by Gasteiger charge is -1.97. The summed E-state index contributed by atoms with van der Waals surface area (Å²) in [6.45, 7) is 1.63. The van der Waals surface area contributed by atoms with Crippen molar-refractivity contribution >= 4 is 16.1 Å². The first kappa shape index (κ1) is 10.6. The predicted molar refractivity (Wildman–Crippen MR) is 44.2 cm³/mol. The van der Waals surface area contributed by atoms with E-state index in [4.69, 9.17) is 0 Å². The molecule has 0 bridgehead atoms. The van der Waals surface area contributed by atoms with Crippen molar-refractivity contribution in [2.45, 2.75) is 26.2 Å². The molecule has 66 valence electrons. The molecule has 0 amide bonds. The summed E-state index contributed by atoms with van der Waals surface area (Å²) in [4.78, 5) is 9.85. The highest BCUT2D eigenvalue weighted by atomic mass is 32.2. The zero-order chi connectivity index (χ0) is 8.74. The molecule has 0 unspecified atom stereocenters. The molecule has 0 aliphatic rings. The van der Waals surface area contributed by atoms with Crippen LogP contribution in [-0.2, 0) is 14.6 Å². The van der Waals surface area contributed by atoms with E-state index in [1.807, 2.05) is 0 Å². The molecule has 0 heterocycles. The largest absolute Gasteiger partial charge is 0.303 e. The number of hydrogen-bond donors (Lipinski definition) is 0. The van der Waals surface area contributed by atoms with Crippen LogP contribution >= 0.6 is 0 Å². The van der Waals surface area contributed by atoms with Crippen LogP contribution in [0.25, 0.3) is 0 Å². The molecule has 0 aromatic carbocycles. The Morgan fingerprint density at radius 3 is 2.36 bits per heavy atom. The lowest BCUT2D eigenvalue weighted by molar-refractivity contribution is -0.107. The van der Waals surface area contributed by atoms with Gasteiger partial charge in [-0.2, -0.15) is 0 Å². The fraction of sp³-hybridized carbons (Fsp3) is 0.857. The van der Waals surface area contributed by atoms with Crippen LogP contribution in [0.4, 0.5) is 0 Å². The number of unbranched alkanes of at least 4 members (excludes halogenated alkanes) is 2. The summed E-state index contributed by atoms with van der Waals surface area (Å²) in [7, 11) is -2.82. The summed E-state index contributed by atoms with van der Waals surface area (Å²) in [5.41, 5.74) is 0. The predicted octanol–water partition coefficient (Wildman–Crippen LogP) is 0.790. The van der Waals surface area contributed by atoms with Crippen LogP contribution in [0.3, 0.4) is 0 Å². The number of sulfone groups is 1. The van der Waals surface area contributed by atoms with Crippen molar-refractivity contribution in [2.24, 2.45) is 0 Å². The Balaban J connectivity index is 3.46. The highest BCUT2D eigenvalue weighted by Gasteiger charge is 2.05. The van der Waals surface area contributed by atoms with E-state index in [2.05, 4.69) is 0 Å². The molecule has 0 aliphatic heterocycles. The summed E-state index contributed by atoms with van der Waals surface area (Å²) in [5.74, 6) is 0.422. The molecule has 0 fully saturated rings. The van der Waals surface area contributed by atoms with Gasteiger partial charge in [-0.05, 0) is 12.8 Å². The maximum Gasteiger partial charge on any atom is 0.150 e. The summed E-state index contributed by atoms with van der Waals surface area (Å²) < 4.78 is 21.7. The normalized spacial score (nSPS) is 11.4. The van der Waals surface area contributed by atoms with Gasteiger partial charge in [-0.15, -0.1) is 0 Å². The highest BCUT2D eigenvalue weighted by Crippen LogP contribution is 1.98. The Hall–Kier alpha value is -0.380. The van der Waals surface area contributed by atoms with Crippen LogP contribution in [0.15, 0.2) is 0 Å². The smallest absolute Gasteiger partial charge is 0.150 e. The fourth-order valence-electron chi connectivity index (χ4n) is 0.694. The Kier molecular flexibility index (Phi) is 5.11. The number of hydrogen-bond acceptors (Lipinski definition) is 3. The molecule has 0 saturated carbocycles. The monoisotopic (exact) mass is 178 g/mol. The van der Waals surface area contributed by atoms with Gasteiger partial charge in [0.2, 0.25) is 0 Å². The fourth-order valence-corrected chi connectivity index (χ4v) is 1.63. The molecule has 0 aromatic heterocycles. The average molecular weight is 178 g/mol. The minimum absolute atomic E-state index is 0.202. The lowest BCUT2D eigenvalue weighted by Crippen LogP contribution is -2.08. The lowest BCUT2D eigenvalue weighted by atomic mass is 10.3. The van der Waals surface area contributed by atoms with Gasteiger partial charge >= 0.3 is 0 Å². The van der Waals surface area contributed by atoms with E-state index >= 15 is 0 Å². The van der Waals surface area contributed by atoms with Gasteiger partial charge in [0, 0.05) is 12.2 Å². The van der Waals surface area contributed by atoms with E-state index in [0.717, 1.165) is 6.29 Å². The number of carbonyl (C=O) groups excluding carboxylic acids is 1. The molecule has 0 N–H and O–H groups in total. The second-order valence-electron chi connectivity index (χ2n) is 2.40. The number of carbonyl (C=O) groups is 1. The summed E-state index contributed by atoms with van der Waals surface area (Å²) in [5, 5.41) is 0. The molecule has 0 aliphatic carbocycles. The third kappa shape index (κ3) is 6.04. The van der Waals surface area contributed by atoms with Crippen molar-refractivity contribution in [1.29, 1.82) is 0 Å². The van der Waals surface area contributed by atoms with Crippen molar-refractivity contribution in [3.8, 4) is 0 Å². The maximum atomic E-state index is 10.9. The quantitative estimate of drug-likeness (QED) is 0.446. The number of rotatable bonds is 6. The van der Waals surface area contributed by atoms with Crippen LogP contribution < -0.4 is 0 Å². The van der Waals surface area contributed by atoms with Crippen LogP contribution in [-0.4, -0.2) is 26.2 Å². The molecule has 0 aromatic rings. The van der Waals surface area contributed by atoms with Gasteiger partial charge in [-0.1, -0.05) is 6.92 Å². The zero-order valence-electron chi connectivity index (χ0n) is 6.75. The van der Waals surface area contributed by atoms with E-state index in [-0.39, 0.29) is 11.5 Å². The summed E-state index contributed by atoms with van der Waals surface area (Å²) in [6, 6.07) is 0. The molecule has 0 radical (unpaired) electrons. The van der Waals surface area contributed by atoms with E-state index in [0.29, 0.717) is 19.3 Å². The first-order chi connectivity index (χ1) is 5.12. The second kappa shape index (κ2) is 5.29. The topological polar surface area (TPSA) is 51.2 Å². The van der Waals surface area contributed by atoms with Gasteiger partial charge in [0.25, 0.3) is 0 Å². The molecular formula is C7H14O3S. The van der Waals surface area contributed by atoms with Gasteiger partial charge in [0.1, 0.15) is 16.1 Å². The molecule has 0 atom stereocenters. The molecule has 0 rings (SSSR count). The summed E-state index contributed by atoms with van der Waals surface area (Å²) in [6.07, 6.45) is 2.58. The third-order valence-corrected chi connectivity index (χ3v) is 3.26. The van der Waals surface area contributed by atoms with Gasteiger partial charge in [0.15, 0.2) is 0 Å². The van der Waals surface area contributed by atoms with Crippen molar-refractivity contribution in [3.05, 3.63) is 0 Å². The van der Waals surface area contributed by atoms with Gasteiger partial charge < -0.3 is 4.79 Å². The van der Waals surface area contributed by atoms with Gasteiger partial charge in [-0.25, -0.2) is 8.42 Å². The second-order valence-corrected chi connectivity index (χ2v) is 4.87. The molecule has 0 saturated heterocycles. The Morgan fingerprint density at radius 2 is 1.91 bits per heavy atom. The molecule has 3 nitrogen and oxygen atoms in total. The SMILES string of the molecule is CCS(=O)(=O)CCCCC=O. The van der Waals surface area contributed by atoms with Gasteiger partial charge in [0.05, 0.1) is 5.75 Å². The maximum absolute atomic E-state index is 10.9. The summed E-state index contributed by atoms with van der Waals surface area (Å²) >= 11 is 0. The van der Waals surface area contributed by atoms with E-state index < -0.39 is 9.84 Å². The van der Waals surface area contributed by atoms with Crippen LogP contribution in [0.1, 0.15) is 26.2 Å². The van der Waals surface area contributed by atoms with Crippen LogP contribution in [0.2, 0.25) is 0 Å². The minimum atomic E-state index is -2.82. The Bertz CT molecular complexity index is 194. The molecule has 4 heteroatoms. The number of aldehydes is 1. The van der Waals surface area contributed by atoms with Crippen LogP contribution in [0, 0.1) is 0 Å². The molecular weight excluding hydrogens is 164 g/mol. The highest BCUT2D eigenvalue weighted by molar-refractivity contribution is 7.91. The van der Waals surface area contributed by atoms with Crippen molar-refractivity contribution in [1.82, 2.24) is 0 Å². The van der Waals surface area contributed by atoms with Crippen molar-refractivity contribution < 1.29 is 13.2 Å². The Labute approximate surface area is 67.7 Å². The molecule has 0 spiro atoms. The van der Waals surface area contributed by atoms with E-state index in [1.54, 1.807) is 6.92 Å².